The molecule has 0 aliphatic carbocycles. The molecule has 1 atom stereocenters. The monoisotopic (exact) mass is 243 g/mol. The van der Waals surface area contributed by atoms with Crippen LogP contribution in [0.4, 0.5) is 5.69 Å². The number of ether oxygens (including phenoxy) is 1. The summed E-state index contributed by atoms with van der Waals surface area (Å²) in [6.07, 6.45) is 2.30. The van der Waals surface area contributed by atoms with Crippen molar-refractivity contribution >= 4 is 29.1 Å². The Labute approximate surface area is 99.1 Å². The number of hydrogen-bond acceptors (Lipinski definition) is 3. The Hall–Kier alpha value is -0.380. The minimum atomic E-state index is 0.487. The second-order valence-corrected chi connectivity index (χ2v) is 5.33. The number of benzene rings is 1. The quantitative estimate of drug-likeness (QED) is 0.811. The van der Waals surface area contributed by atoms with E-state index in [0.29, 0.717) is 5.25 Å². The Bertz CT molecular complexity index is 319. The number of nitrogen functional groups attached to an aromatic ring is 1. The Morgan fingerprint density at radius 3 is 3.00 bits per heavy atom. The van der Waals surface area contributed by atoms with E-state index >= 15 is 0 Å². The molecule has 2 N–H and O–H groups in total. The summed E-state index contributed by atoms with van der Waals surface area (Å²) in [7, 11) is 0. The molecule has 0 amide bonds. The molecule has 15 heavy (non-hydrogen) atoms. The molecule has 2 nitrogen and oxygen atoms in total. The molecular formula is C11H14ClNOS. The van der Waals surface area contributed by atoms with Gasteiger partial charge in [-0.1, -0.05) is 17.7 Å². The van der Waals surface area contributed by atoms with Gasteiger partial charge in [-0.2, -0.15) is 0 Å². The van der Waals surface area contributed by atoms with Crippen LogP contribution in [0.3, 0.4) is 0 Å². The van der Waals surface area contributed by atoms with E-state index in [1.165, 1.54) is 6.42 Å². The molecule has 1 heterocycles. The van der Waals surface area contributed by atoms with E-state index in [1.807, 2.05) is 18.2 Å². The number of nitrogens with two attached hydrogens (primary N) is 1. The Balaban J connectivity index is 2.09. The van der Waals surface area contributed by atoms with Crippen LogP contribution in [-0.4, -0.2) is 18.5 Å². The van der Waals surface area contributed by atoms with Gasteiger partial charge in [-0.05, 0) is 25.0 Å². The van der Waals surface area contributed by atoms with Crippen molar-refractivity contribution in [2.75, 3.05) is 18.9 Å². The minimum Gasteiger partial charge on any atom is -0.398 e. The maximum Gasteiger partial charge on any atom is 0.0588 e. The van der Waals surface area contributed by atoms with Gasteiger partial charge in [0.15, 0.2) is 0 Å². The molecule has 1 aliphatic heterocycles. The first kappa shape index (κ1) is 11.1. The van der Waals surface area contributed by atoms with E-state index in [9.17, 15) is 0 Å². The van der Waals surface area contributed by atoms with Crippen LogP contribution < -0.4 is 5.73 Å². The van der Waals surface area contributed by atoms with E-state index in [0.717, 1.165) is 35.2 Å². The van der Waals surface area contributed by atoms with E-state index in [1.54, 1.807) is 11.8 Å². The topological polar surface area (TPSA) is 35.2 Å². The molecular weight excluding hydrogens is 230 g/mol. The lowest BCUT2D eigenvalue weighted by molar-refractivity contribution is 0.101. The average Bonchev–Trinajstić information content (AvgIpc) is 2.25. The summed E-state index contributed by atoms with van der Waals surface area (Å²) in [6.45, 7) is 1.68. The van der Waals surface area contributed by atoms with Crippen molar-refractivity contribution in [3.8, 4) is 0 Å². The zero-order valence-electron chi connectivity index (χ0n) is 8.41. The molecule has 1 aliphatic rings. The summed E-state index contributed by atoms with van der Waals surface area (Å²) < 4.78 is 5.43. The van der Waals surface area contributed by atoms with Crippen LogP contribution in [0.2, 0.25) is 5.02 Å². The van der Waals surface area contributed by atoms with Crippen molar-refractivity contribution in [1.82, 2.24) is 0 Å². The lowest BCUT2D eigenvalue weighted by Crippen LogP contribution is -2.19. The predicted octanol–water partition coefficient (Wildman–Crippen LogP) is 3.19. The number of rotatable bonds is 2. The third kappa shape index (κ3) is 2.80. The van der Waals surface area contributed by atoms with Crippen LogP contribution in [0, 0.1) is 0 Å². The molecule has 1 aromatic carbocycles. The maximum atomic E-state index is 6.11. The highest BCUT2D eigenvalue weighted by molar-refractivity contribution is 8.00. The highest BCUT2D eigenvalue weighted by atomic mass is 35.5. The molecule has 1 fully saturated rings. The highest BCUT2D eigenvalue weighted by Crippen LogP contribution is 2.37. The zero-order valence-corrected chi connectivity index (χ0v) is 9.98. The van der Waals surface area contributed by atoms with Crippen LogP contribution in [0.25, 0.3) is 0 Å². The van der Waals surface area contributed by atoms with Gasteiger partial charge in [-0.15, -0.1) is 11.8 Å². The summed E-state index contributed by atoms with van der Waals surface area (Å²) in [4.78, 5) is 0.995. The lowest BCUT2D eigenvalue weighted by atomic mass is 10.2. The summed E-state index contributed by atoms with van der Waals surface area (Å²) in [6, 6.07) is 5.64. The van der Waals surface area contributed by atoms with Gasteiger partial charge >= 0.3 is 0 Å². The molecule has 0 bridgehead atoms. The zero-order chi connectivity index (χ0) is 10.7. The van der Waals surface area contributed by atoms with Crippen LogP contribution in [-0.2, 0) is 4.74 Å². The number of thioether (sulfide) groups is 1. The van der Waals surface area contributed by atoms with E-state index in [2.05, 4.69) is 0 Å². The van der Waals surface area contributed by atoms with Gasteiger partial charge in [-0.25, -0.2) is 0 Å². The fraction of sp³-hybridized carbons (Fsp3) is 0.455. The summed E-state index contributed by atoms with van der Waals surface area (Å²) >= 11 is 7.84. The largest absolute Gasteiger partial charge is 0.398 e. The van der Waals surface area contributed by atoms with Crippen LogP contribution in [0.5, 0.6) is 0 Å². The number of anilines is 1. The summed E-state index contributed by atoms with van der Waals surface area (Å²) in [5.41, 5.74) is 6.65. The fourth-order valence-electron chi connectivity index (χ4n) is 1.62. The average molecular weight is 244 g/mol. The van der Waals surface area contributed by atoms with E-state index in [4.69, 9.17) is 22.1 Å². The second-order valence-electron chi connectivity index (χ2n) is 3.62. The van der Waals surface area contributed by atoms with Crippen molar-refractivity contribution in [2.24, 2.45) is 0 Å². The van der Waals surface area contributed by atoms with Crippen molar-refractivity contribution in [3.05, 3.63) is 23.2 Å². The molecule has 1 saturated heterocycles. The van der Waals surface area contributed by atoms with Crippen molar-refractivity contribution in [3.63, 3.8) is 0 Å². The van der Waals surface area contributed by atoms with Crippen molar-refractivity contribution < 1.29 is 4.74 Å². The highest BCUT2D eigenvalue weighted by Gasteiger charge is 2.17. The predicted molar refractivity (Wildman–Crippen MR) is 65.6 cm³/mol. The first-order valence-corrected chi connectivity index (χ1v) is 6.31. The second kappa shape index (κ2) is 5.10. The number of hydrogen-bond donors (Lipinski definition) is 1. The SMILES string of the molecule is Nc1cccc(Cl)c1SC1CCCOC1. The Morgan fingerprint density at radius 2 is 2.33 bits per heavy atom. The van der Waals surface area contributed by atoms with Crippen LogP contribution >= 0.6 is 23.4 Å². The van der Waals surface area contributed by atoms with Crippen molar-refractivity contribution in [2.45, 2.75) is 23.0 Å². The van der Waals surface area contributed by atoms with Crippen LogP contribution in [0.1, 0.15) is 12.8 Å². The summed E-state index contributed by atoms with van der Waals surface area (Å²) in [5.74, 6) is 0. The molecule has 0 aromatic heterocycles. The maximum absolute atomic E-state index is 6.11. The minimum absolute atomic E-state index is 0.487. The van der Waals surface area contributed by atoms with E-state index in [-0.39, 0.29) is 0 Å². The third-order valence-corrected chi connectivity index (χ3v) is 4.22. The molecule has 0 spiro atoms. The lowest BCUT2D eigenvalue weighted by Gasteiger charge is -2.22. The first-order chi connectivity index (χ1) is 7.27. The Kier molecular flexibility index (Phi) is 3.78. The molecule has 1 aromatic rings. The first-order valence-electron chi connectivity index (χ1n) is 5.06. The van der Waals surface area contributed by atoms with Gasteiger partial charge < -0.3 is 10.5 Å². The number of halogens is 1. The molecule has 1 unspecified atom stereocenters. The molecule has 2 rings (SSSR count). The Morgan fingerprint density at radius 1 is 1.47 bits per heavy atom. The van der Waals surface area contributed by atoms with Gasteiger partial charge in [0.1, 0.15) is 0 Å². The van der Waals surface area contributed by atoms with Gasteiger partial charge in [0, 0.05) is 22.4 Å². The molecule has 0 saturated carbocycles. The molecule has 0 radical (unpaired) electrons. The normalized spacial score (nSPS) is 21.5. The standard InChI is InChI=1S/C11H14ClNOS/c12-9-4-1-5-10(13)11(9)15-8-3-2-6-14-7-8/h1,4-5,8H,2-3,6-7,13H2. The van der Waals surface area contributed by atoms with Crippen LogP contribution in [0.15, 0.2) is 23.1 Å². The third-order valence-electron chi connectivity index (χ3n) is 2.40. The van der Waals surface area contributed by atoms with Gasteiger partial charge in [-0.3, -0.25) is 0 Å². The van der Waals surface area contributed by atoms with E-state index < -0.39 is 0 Å². The van der Waals surface area contributed by atoms with Crippen molar-refractivity contribution in [1.29, 1.82) is 0 Å². The fourth-order valence-corrected chi connectivity index (χ4v) is 3.10. The smallest absolute Gasteiger partial charge is 0.0588 e. The molecule has 82 valence electrons. The van der Waals surface area contributed by atoms with Gasteiger partial charge in [0.25, 0.3) is 0 Å². The van der Waals surface area contributed by atoms with Gasteiger partial charge in [0.05, 0.1) is 11.6 Å². The molecule has 4 heteroatoms. The van der Waals surface area contributed by atoms with Gasteiger partial charge in [0.2, 0.25) is 0 Å². The summed E-state index contributed by atoms with van der Waals surface area (Å²) in [5, 5.41) is 1.23.